The summed E-state index contributed by atoms with van der Waals surface area (Å²) in [6.45, 7) is 4.07. The van der Waals surface area contributed by atoms with Crippen molar-refractivity contribution in [2.75, 3.05) is 44.6 Å². The number of nitrogen functional groups attached to an aromatic ring is 1. The van der Waals surface area contributed by atoms with Crippen LogP contribution in [0.4, 0.5) is 11.4 Å². The van der Waals surface area contributed by atoms with E-state index in [1.54, 1.807) is 20.3 Å². The number of ether oxygens (including phenoxy) is 2. The molecule has 4 nitrogen and oxygen atoms in total. The number of hydrogen-bond acceptors (Lipinski definition) is 4. The molecule has 0 bridgehead atoms. The summed E-state index contributed by atoms with van der Waals surface area (Å²) >= 11 is 6.03. The molecule has 2 N–H and O–H groups in total. The lowest BCUT2D eigenvalue weighted by Crippen LogP contribution is -2.39. The first-order valence-electron chi connectivity index (χ1n) is 5.89. The van der Waals surface area contributed by atoms with Gasteiger partial charge in [0.15, 0.2) is 0 Å². The standard InChI is InChI=1S/C13H21ClN2O2/c1-10(9-18-3)16(6-7-17-2)13-8-11(14)4-5-12(13)15/h4-5,8,10H,6-7,9,15H2,1-3H3. The maximum absolute atomic E-state index is 6.03. The summed E-state index contributed by atoms with van der Waals surface area (Å²) < 4.78 is 10.3. The smallest absolute Gasteiger partial charge is 0.0663 e. The lowest BCUT2D eigenvalue weighted by Gasteiger charge is -2.31. The molecule has 0 saturated carbocycles. The van der Waals surface area contributed by atoms with Crippen LogP contribution < -0.4 is 10.6 Å². The van der Waals surface area contributed by atoms with Gasteiger partial charge in [0.25, 0.3) is 0 Å². The van der Waals surface area contributed by atoms with E-state index in [0.29, 0.717) is 23.9 Å². The van der Waals surface area contributed by atoms with Gasteiger partial charge in [-0.2, -0.15) is 0 Å². The second kappa shape index (κ2) is 7.46. The van der Waals surface area contributed by atoms with Gasteiger partial charge in [0, 0.05) is 31.8 Å². The van der Waals surface area contributed by atoms with E-state index in [-0.39, 0.29) is 6.04 Å². The second-order valence-corrected chi connectivity index (χ2v) is 4.63. The van der Waals surface area contributed by atoms with Gasteiger partial charge in [-0.25, -0.2) is 0 Å². The van der Waals surface area contributed by atoms with Crippen molar-refractivity contribution in [2.45, 2.75) is 13.0 Å². The molecule has 1 aromatic carbocycles. The lowest BCUT2D eigenvalue weighted by atomic mass is 10.2. The number of nitrogens with zero attached hydrogens (tertiary/aromatic N) is 1. The number of methoxy groups -OCH3 is 2. The van der Waals surface area contributed by atoms with Crippen LogP contribution in [0.3, 0.4) is 0 Å². The van der Waals surface area contributed by atoms with E-state index in [2.05, 4.69) is 11.8 Å². The summed E-state index contributed by atoms with van der Waals surface area (Å²) in [6, 6.07) is 5.68. The zero-order valence-electron chi connectivity index (χ0n) is 11.1. The normalized spacial score (nSPS) is 12.4. The Balaban J connectivity index is 2.96. The molecule has 0 saturated heterocycles. The molecule has 0 spiro atoms. The molecular weight excluding hydrogens is 252 g/mol. The molecule has 1 rings (SSSR count). The van der Waals surface area contributed by atoms with Gasteiger partial charge in [-0.15, -0.1) is 0 Å². The Labute approximate surface area is 114 Å². The number of halogens is 1. The summed E-state index contributed by atoms with van der Waals surface area (Å²) in [4.78, 5) is 2.15. The van der Waals surface area contributed by atoms with E-state index in [0.717, 1.165) is 12.2 Å². The average Bonchev–Trinajstić information content (AvgIpc) is 2.34. The summed E-state index contributed by atoms with van der Waals surface area (Å²) in [5, 5.41) is 0.672. The van der Waals surface area contributed by atoms with Crippen molar-refractivity contribution >= 4 is 23.0 Å². The highest BCUT2D eigenvalue weighted by Crippen LogP contribution is 2.28. The number of anilines is 2. The van der Waals surface area contributed by atoms with Gasteiger partial charge in [-0.05, 0) is 25.1 Å². The molecule has 18 heavy (non-hydrogen) atoms. The van der Waals surface area contributed by atoms with Crippen LogP contribution in [0.15, 0.2) is 18.2 Å². The summed E-state index contributed by atoms with van der Waals surface area (Å²) in [6.07, 6.45) is 0. The molecule has 0 aliphatic rings. The molecule has 1 aromatic rings. The fourth-order valence-corrected chi connectivity index (χ4v) is 2.03. The molecule has 0 radical (unpaired) electrons. The Bertz CT molecular complexity index is 374. The molecule has 1 atom stereocenters. The maximum atomic E-state index is 6.03. The molecule has 0 aliphatic carbocycles. The van der Waals surface area contributed by atoms with Gasteiger partial charge < -0.3 is 20.1 Å². The topological polar surface area (TPSA) is 47.7 Å². The Morgan fingerprint density at radius 2 is 2.06 bits per heavy atom. The Morgan fingerprint density at radius 3 is 2.67 bits per heavy atom. The van der Waals surface area contributed by atoms with Gasteiger partial charge in [0.2, 0.25) is 0 Å². The highest BCUT2D eigenvalue weighted by Gasteiger charge is 2.16. The van der Waals surface area contributed by atoms with Gasteiger partial charge in [0.05, 0.1) is 24.6 Å². The fourth-order valence-electron chi connectivity index (χ4n) is 1.86. The van der Waals surface area contributed by atoms with E-state index in [9.17, 15) is 0 Å². The monoisotopic (exact) mass is 272 g/mol. The van der Waals surface area contributed by atoms with Gasteiger partial charge in [-0.3, -0.25) is 0 Å². The van der Waals surface area contributed by atoms with Crippen molar-refractivity contribution in [1.29, 1.82) is 0 Å². The van der Waals surface area contributed by atoms with Crippen LogP contribution in [-0.2, 0) is 9.47 Å². The highest BCUT2D eigenvalue weighted by molar-refractivity contribution is 6.31. The van der Waals surface area contributed by atoms with E-state index >= 15 is 0 Å². The van der Waals surface area contributed by atoms with E-state index in [1.165, 1.54) is 0 Å². The van der Waals surface area contributed by atoms with Crippen LogP contribution >= 0.6 is 11.6 Å². The van der Waals surface area contributed by atoms with Crippen molar-refractivity contribution < 1.29 is 9.47 Å². The molecule has 0 amide bonds. The zero-order valence-corrected chi connectivity index (χ0v) is 11.9. The molecule has 0 aliphatic heterocycles. The summed E-state index contributed by atoms with van der Waals surface area (Å²) in [7, 11) is 3.37. The first kappa shape index (κ1) is 15.1. The van der Waals surface area contributed by atoms with Gasteiger partial charge >= 0.3 is 0 Å². The molecule has 0 fully saturated rings. The SMILES string of the molecule is COCCN(c1cc(Cl)ccc1N)C(C)COC. The van der Waals surface area contributed by atoms with Crippen LogP contribution in [0.25, 0.3) is 0 Å². The molecule has 5 heteroatoms. The van der Waals surface area contributed by atoms with Crippen molar-refractivity contribution in [3.63, 3.8) is 0 Å². The highest BCUT2D eigenvalue weighted by atomic mass is 35.5. The second-order valence-electron chi connectivity index (χ2n) is 4.19. The quantitative estimate of drug-likeness (QED) is 0.775. The predicted molar refractivity (Wildman–Crippen MR) is 76.4 cm³/mol. The molecular formula is C13H21ClN2O2. The van der Waals surface area contributed by atoms with Crippen molar-refractivity contribution in [1.82, 2.24) is 0 Å². The van der Waals surface area contributed by atoms with E-state index in [1.807, 2.05) is 12.1 Å². The van der Waals surface area contributed by atoms with Crippen molar-refractivity contribution in [3.05, 3.63) is 23.2 Å². The molecule has 0 heterocycles. The largest absolute Gasteiger partial charge is 0.397 e. The number of nitrogens with two attached hydrogens (primary N) is 1. The number of hydrogen-bond donors (Lipinski definition) is 1. The van der Waals surface area contributed by atoms with Crippen molar-refractivity contribution in [2.24, 2.45) is 0 Å². The maximum Gasteiger partial charge on any atom is 0.0663 e. The van der Waals surface area contributed by atoms with Crippen LogP contribution in [0, 0.1) is 0 Å². The van der Waals surface area contributed by atoms with E-state index < -0.39 is 0 Å². The van der Waals surface area contributed by atoms with Gasteiger partial charge in [-0.1, -0.05) is 11.6 Å². The first-order valence-corrected chi connectivity index (χ1v) is 6.27. The van der Waals surface area contributed by atoms with Crippen LogP contribution in [0.5, 0.6) is 0 Å². The van der Waals surface area contributed by atoms with Crippen LogP contribution in [0.1, 0.15) is 6.92 Å². The van der Waals surface area contributed by atoms with Crippen molar-refractivity contribution in [3.8, 4) is 0 Å². The minimum Gasteiger partial charge on any atom is -0.397 e. The fraction of sp³-hybridized carbons (Fsp3) is 0.538. The van der Waals surface area contributed by atoms with Crippen LogP contribution in [0.2, 0.25) is 5.02 Å². The Hall–Kier alpha value is -0.970. The zero-order chi connectivity index (χ0) is 13.5. The van der Waals surface area contributed by atoms with Crippen LogP contribution in [-0.4, -0.2) is 40.0 Å². The Morgan fingerprint density at radius 1 is 1.33 bits per heavy atom. The number of benzene rings is 1. The third kappa shape index (κ3) is 4.05. The molecule has 0 aromatic heterocycles. The third-order valence-electron chi connectivity index (χ3n) is 2.78. The minimum atomic E-state index is 0.200. The van der Waals surface area contributed by atoms with Gasteiger partial charge in [0.1, 0.15) is 0 Å². The summed E-state index contributed by atoms with van der Waals surface area (Å²) in [5.74, 6) is 0. The lowest BCUT2D eigenvalue weighted by molar-refractivity contribution is 0.171. The molecule has 1 unspecified atom stereocenters. The minimum absolute atomic E-state index is 0.200. The predicted octanol–water partition coefficient (Wildman–Crippen LogP) is 2.41. The Kier molecular flexibility index (Phi) is 6.25. The third-order valence-corrected chi connectivity index (χ3v) is 3.01. The molecule has 102 valence electrons. The van der Waals surface area contributed by atoms with E-state index in [4.69, 9.17) is 26.8 Å². The summed E-state index contributed by atoms with van der Waals surface area (Å²) in [5.41, 5.74) is 7.64. The number of rotatable bonds is 7. The first-order chi connectivity index (χ1) is 8.60. The average molecular weight is 273 g/mol.